The van der Waals surface area contributed by atoms with Gasteiger partial charge in [0.2, 0.25) is 0 Å². The number of fused-ring (bicyclic) bond motifs is 1. The summed E-state index contributed by atoms with van der Waals surface area (Å²) < 4.78 is 2.60. The summed E-state index contributed by atoms with van der Waals surface area (Å²) in [7, 11) is 0. The average Bonchev–Trinajstić information content (AvgIpc) is 3.28. The molecule has 1 saturated carbocycles. The lowest BCUT2D eigenvalue weighted by atomic mass is 9.93. The number of nitrogens with zero attached hydrogens (tertiary/aromatic N) is 5. The summed E-state index contributed by atoms with van der Waals surface area (Å²) in [4.78, 5) is 23.6. The maximum absolute atomic E-state index is 12.5. The number of aromatic nitrogens is 4. The van der Waals surface area contributed by atoms with Gasteiger partial charge in [-0.3, -0.25) is 4.79 Å². The van der Waals surface area contributed by atoms with Gasteiger partial charge in [-0.1, -0.05) is 12.8 Å². The van der Waals surface area contributed by atoms with Crippen LogP contribution in [0.1, 0.15) is 51.0 Å². The molecule has 1 aliphatic heterocycles. The van der Waals surface area contributed by atoms with Crippen molar-refractivity contribution in [2.24, 2.45) is 0 Å². The zero-order chi connectivity index (χ0) is 21.2. The monoisotopic (exact) mass is 440 g/mol. The number of hydrogen-bond acceptors (Lipinski definition) is 8. The van der Waals surface area contributed by atoms with Gasteiger partial charge < -0.3 is 15.3 Å². The van der Waals surface area contributed by atoms with Gasteiger partial charge in [-0.05, 0) is 49.6 Å². The van der Waals surface area contributed by atoms with E-state index in [4.69, 9.17) is 5.10 Å². The Morgan fingerprint density at radius 3 is 2.87 bits per heavy atom. The number of nitrogens with one attached hydrogen (secondary N) is 1. The molecule has 3 atom stereocenters. The Kier molecular flexibility index (Phi) is 5.87. The highest BCUT2D eigenvalue weighted by atomic mass is 32.1. The van der Waals surface area contributed by atoms with E-state index >= 15 is 0 Å². The van der Waals surface area contributed by atoms with Crippen LogP contribution in [0.25, 0.3) is 10.2 Å². The summed E-state index contributed by atoms with van der Waals surface area (Å²) in [5.74, 6) is 1.68. The number of piperidine rings is 1. The molecule has 164 valence electrons. The first-order valence-electron chi connectivity index (χ1n) is 11.2. The molecule has 0 radical (unpaired) electrons. The van der Waals surface area contributed by atoms with Crippen LogP contribution in [-0.2, 0) is 0 Å². The van der Waals surface area contributed by atoms with Gasteiger partial charge in [0.25, 0.3) is 5.56 Å². The van der Waals surface area contributed by atoms with Crippen molar-refractivity contribution in [1.29, 1.82) is 0 Å². The molecule has 3 aromatic rings. The molecule has 1 saturated heterocycles. The predicted molar refractivity (Wildman–Crippen MR) is 123 cm³/mol. The van der Waals surface area contributed by atoms with Gasteiger partial charge in [0.1, 0.15) is 18.0 Å². The van der Waals surface area contributed by atoms with Gasteiger partial charge in [0.15, 0.2) is 0 Å². The Morgan fingerprint density at radius 1 is 1.10 bits per heavy atom. The van der Waals surface area contributed by atoms with Gasteiger partial charge in [-0.2, -0.15) is 5.10 Å². The van der Waals surface area contributed by atoms with E-state index < -0.39 is 6.10 Å². The number of anilines is 2. The Labute approximate surface area is 185 Å². The quantitative estimate of drug-likeness (QED) is 0.629. The molecule has 1 aliphatic carbocycles. The fraction of sp³-hybridized carbons (Fsp3) is 0.545. The van der Waals surface area contributed by atoms with E-state index in [2.05, 4.69) is 20.2 Å². The van der Waals surface area contributed by atoms with E-state index in [0.717, 1.165) is 73.5 Å². The highest BCUT2D eigenvalue weighted by Gasteiger charge is 2.29. The second kappa shape index (κ2) is 8.92. The molecule has 0 aromatic carbocycles. The summed E-state index contributed by atoms with van der Waals surface area (Å²) in [6, 6.07) is 5.47. The minimum Gasteiger partial charge on any atom is -0.391 e. The van der Waals surface area contributed by atoms with Crippen molar-refractivity contribution in [3.63, 3.8) is 0 Å². The van der Waals surface area contributed by atoms with Crippen molar-refractivity contribution >= 4 is 33.2 Å². The highest BCUT2D eigenvalue weighted by molar-refractivity contribution is 7.17. The van der Waals surface area contributed by atoms with Crippen LogP contribution in [-0.4, -0.2) is 50.1 Å². The van der Waals surface area contributed by atoms with Crippen LogP contribution < -0.4 is 15.8 Å². The molecule has 0 bridgehead atoms. The third kappa shape index (κ3) is 4.16. The van der Waals surface area contributed by atoms with Crippen molar-refractivity contribution in [1.82, 2.24) is 19.7 Å². The molecule has 2 N–H and O–H groups in total. The van der Waals surface area contributed by atoms with Crippen molar-refractivity contribution < 1.29 is 5.11 Å². The second-order valence-corrected chi connectivity index (χ2v) is 9.39. The Hall–Kier alpha value is -2.52. The number of thiophene rings is 1. The molecule has 3 unspecified atom stereocenters. The summed E-state index contributed by atoms with van der Waals surface area (Å²) in [5.41, 5.74) is 0.824. The molecule has 0 amide bonds. The van der Waals surface area contributed by atoms with Crippen molar-refractivity contribution in [2.75, 3.05) is 23.3 Å². The normalized spacial score (nSPS) is 24.4. The third-order valence-corrected chi connectivity index (χ3v) is 7.40. The maximum Gasteiger partial charge on any atom is 0.267 e. The molecular weight excluding hydrogens is 412 g/mol. The summed E-state index contributed by atoms with van der Waals surface area (Å²) in [5, 5.41) is 20.7. The van der Waals surface area contributed by atoms with E-state index in [-0.39, 0.29) is 17.6 Å². The summed E-state index contributed by atoms with van der Waals surface area (Å²) in [6.45, 7) is 1.65. The lowest BCUT2D eigenvalue weighted by Gasteiger charge is -2.37. The lowest BCUT2D eigenvalue weighted by molar-refractivity contribution is 0.0669. The van der Waals surface area contributed by atoms with Crippen LogP contribution in [0.5, 0.6) is 0 Å². The standard InChI is InChI=1S/C22H28N6O2S/c29-18-7-2-1-6-17(18)28-20(30)9-8-19(26-28)27-11-4-3-5-15(27)13-23-22-21-16(10-12-31-21)24-14-25-22/h8-10,12,14-15,17-18,29H,1-7,11,13H2,(H,23,24,25). The maximum atomic E-state index is 12.5. The van der Waals surface area contributed by atoms with Crippen LogP contribution >= 0.6 is 11.3 Å². The van der Waals surface area contributed by atoms with Gasteiger partial charge in [0, 0.05) is 25.2 Å². The van der Waals surface area contributed by atoms with Gasteiger partial charge >= 0.3 is 0 Å². The minimum absolute atomic E-state index is 0.137. The number of hydrogen-bond donors (Lipinski definition) is 2. The molecule has 5 rings (SSSR count). The molecule has 2 fully saturated rings. The number of aliphatic hydroxyl groups excluding tert-OH is 1. The molecule has 9 heteroatoms. The molecular formula is C22H28N6O2S. The average molecular weight is 441 g/mol. The Bertz CT molecular complexity index is 1100. The topological polar surface area (TPSA) is 96.2 Å². The zero-order valence-electron chi connectivity index (χ0n) is 17.5. The molecule has 2 aliphatic rings. The van der Waals surface area contributed by atoms with Gasteiger partial charge in [0.05, 0.1) is 22.4 Å². The van der Waals surface area contributed by atoms with Crippen LogP contribution in [0.15, 0.2) is 34.7 Å². The summed E-state index contributed by atoms with van der Waals surface area (Å²) in [6.07, 6.45) is 7.98. The molecule has 8 nitrogen and oxygen atoms in total. The molecule has 3 aromatic heterocycles. The molecule has 31 heavy (non-hydrogen) atoms. The largest absolute Gasteiger partial charge is 0.391 e. The Balaban J connectivity index is 1.37. The molecule has 4 heterocycles. The van der Waals surface area contributed by atoms with Crippen molar-refractivity contribution in [3.05, 3.63) is 40.3 Å². The molecule has 0 spiro atoms. The first-order chi connectivity index (χ1) is 15.2. The highest BCUT2D eigenvalue weighted by Crippen LogP contribution is 2.29. The van der Waals surface area contributed by atoms with Crippen LogP contribution in [0.3, 0.4) is 0 Å². The SMILES string of the molecule is O=c1ccc(N2CCCCC2CNc2ncnc3ccsc23)nn1C1CCCCC1O. The van der Waals surface area contributed by atoms with E-state index in [0.29, 0.717) is 0 Å². The predicted octanol–water partition coefficient (Wildman–Crippen LogP) is 3.20. The van der Waals surface area contributed by atoms with E-state index in [9.17, 15) is 9.90 Å². The van der Waals surface area contributed by atoms with Gasteiger partial charge in [-0.15, -0.1) is 11.3 Å². The summed E-state index contributed by atoms with van der Waals surface area (Å²) >= 11 is 1.64. The van der Waals surface area contributed by atoms with E-state index in [1.807, 2.05) is 17.5 Å². The minimum atomic E-state index is -0.501. The third-order valence-electron chi connectivity index (χ3n) is 6.49. The smallest absolute Gasteiger partial charge is 0.267 e. The fourth-order valence-corrected chi connectivity index (χ4v) is 5.64. The van der Waals surface area contributed by atoms with E-state index in [1.54, 1.807) is 23.7 Å². The van der Waals surface area contributed by atoms with E-state index in [1.165, 1.54) is 11.1 Å². The van der Waals surface area contributed by atoms with Gasteiger partial charge in [-0.25, -0.2) is 14.6 Å². The van der Waals surface area contributed by atoms with Crippen LogP contribution in [0, 0.1) is 0 Å². The number of rotatable bonds is 5. The fourth-order valence-electron chi connectivity index (χ4n) is 4.83. The Morgan fingerprint density at radius 2 is 1.97 bits per heavy atom. The first-order valence-corrected chi connectivity index (χ1v) is 12.1. The van der Waals surface area contributed by atoms with Crippen LogP contribution in [0.4, 0.5) is 11.6 Å². The van der Waals surface area contributed by atoms with Crippen molar-refractivity contribution in [3.8, 4) is 0 Å². The van der Waals surface area contributed by atoms with Crippen molar-refractivity contribution in [2.45, 2.75) is 63.1 Å². The lowest BCUT2D eigenvalue weighted by Crippen LogP contribution is -2.45. The second-order valence-electron chi connectivity index (χ2n) is 8.47. The first kappa shape index (κ1) is 20.4. The van der Waals surface area contributed by atoms with Crippen LogP contribution in [0.2, 0.25) is 0 Å². The number of aliphatic hydroxyl groups is 1. The zero-order valence-corrected chi connectivity index (χ0v) is 18.3.